The van der Waals surface area contributed by atoms with Crippen molar-refractivity contribution >= 4 is 27.7 Å². The van der Waals surface area contributed by atoms with Gasteiger partial charge in [0.2, 0.25) is 15.9 Å². The molecule has 1 amide bonds. The van der Waals surface area contributed by atoms with E-state index in [9.17, 15) is 30.8 Å². The molecule has 0 aliphatic carbocycles. The summed E-state index contributed by atoms with van der Waals surface area (Å²) in [6.45, 7) is -0.165. The molecule has 1 aromatic heterocycles. The topological polar surface area (TPSA) is 88.2 Å². The van der Waals surface area contributed by atoms with E-state index < -0.39 is 33.6 Å². The molecule has 2 aromatic rings. The highest BCUT2D eigenvalue weighted by Gasteiger charge is 2.32. The largest absolute Gasteiger partial charge is 0.433 e. The first-order valence-corrected chi connectivity index (χ1v) is 10.5. The highest BCUT2D eigenvalue weighted by molar-refractivity contribution is 7.92. The molecule has 0 spiro atoms. The third-order valence-electron chi connectivity index (χ3n) is 3.83. The van der Waals surface area contributed by atoms with Crippen molar-refractivity contribution in [1.29, 1.82) is 0 Å². The summed E-state index contributed by atoms with van der Waals surface area (Å²) in [6, 6.07) is 4.12. The molecule has 0 fully saturated rings. The molecule has 0 saturated carbocycles. The number of nitrogens with one attached hydrogen (secondary N) is 2. The molecule has 2 N–H and O–H groups in total. The van der Waals surface area contributed by atoms with Crippen LogP contribution in [0.3, 0.4) is 0 Å². The molecule has 0 aliphatic heterocycles. The Balaban J connectivity index is 2.14. The van der Waals surface area contributed by atoms with Gasteiger partial charge in [-0.1, -0.05) is 5.92 Å². The van der Waals surface area contributed by atoms with Crippen LogP contribution in [0.4, 0.5) is 23.2 Å². The van der Waals surface area contributed by atoms with Crippen molar-refractivity contribution < 1.29 is 30.8 Å². The Bertz CT molecular complexity index is 1270. The van der Waals surface area contributed by atoms with Crippen LogP contribution in [0.25, 0.3) is 6.08 Å². The average molecular weight is 465 g/mol. The molecule has 1 aromatic carbocycles. The Labute approximate surface area is 181 Å². The second-order valence-corrected chi connectivity index (χ2v) is 8.09. The standard InChI is InChI=1S/C21H15F4N3O3S/c1-4-14-10-13(11-16(22)20(14)28-32(3,30)31)12-26-19(29)9-7-15-6-8-18(21(23,24)25)27-17(15)5-2/h1-2,6-11,28H,12H2,3H3,(H,26,29)/b9-7+. The van der Waals surface area contributed by atoms with E-state index in [1.54, 1.807) is 0 Å². The molecule has 1 heterocycles. The number of halogens is 4. The number of benzene rings is 1. The first kappa shape index (κ1) is 24.4. The minimum absolute atomic E-state index is 0.0651. The number of anilines is 1. The van der Waals surface area contributed by atoms with E-state index in [0.29, 0.717) is 0 Å². The molecular weight excluding hydrogens is 450 g/mol. The van der Waals surface area contributed by atoms with E-state index in [-0.39, 0.29) is 34.6 Å². The lowest BCUT2D eigenvalue weighted by Crippen LogP contribution is -2.21. The highest BCUT2D eigenvalue weighted by Crippen LogP contribution is 2.28. The quantitative estimate of drug-likeness (QED) is 0.390. The Morgan fingerprint density at radius 2 is 1.91 bits per heavy atom. The summed E-state index contributed by atoms with van der Waals surface area (Å²) < 4.78 is 77.1. The van der Waals surface area contributed by atoms with Gasteiger partial charge in [0.1, 0.15) is 17.2 Å². The zero-order valence-corrected chi connectivity index (χ0v) is 17.2. The summed E-state index contributed by atoms with van der Waals surface area (Å²) in [6.07, 6.45) is 8.86. The minimum Gasteiger partial charge on any atom is -0.348 e. The number of pyridine rings is 1. The van der Waals surface area contributed by atoms with Gasteiger partial charge < -0.3 is 5.32 Å². The van der Waals surface area contributed by atoms with Crippen LogP contribution in [0.2, 0.25) is 0 Å². The molecule has 11 heteroatoms. The molecule has 0 radical (unpaired) electrons. The predicted octanol–water partition coefficient (Wildman–Crippen LogP) is 2.90. The maximum Gasteiger partial charge on any atom is 0.433 e. The summed E-state index contributed by atoms with van der Waals surface area (Å²) in [5.74, 6) is 2.60. The van der Waals surface area contributed by atoms with Gasteiger partial charge in [-0.15, -0.1) is 12.8 Å². The number of sulfonamides is 1. The zero-order chi connectivity index (χ0) is 24.1. The number of nitrogens with zero attached hydrogens (tertiary/aromatic N) is 1. The molecular formula is C21H15F4N3O3S. The van der Waals surface area contributed by atoms with Gasteiger partial charge in [0.15, 0.2) is 0 Å². The number of terminal acetylenes is 2. The summed E-state index contributed by atoms with van der Waals surface area (Å²) >= 11 is 0. The summed E-state index contributed by atoms with van der Waals surface area (Å²) in [5, 5.41) is 2.44. The van der Waals surface area contributed by atoms with E-state index in [4.69, 9.17) is 12.8 Å². The number of carbonyl (C=O) groups is 1. The van der Waals surface area contributed by atoms with Crippen LogP contribution in [0.5, 0.6) is 0 Å². The van der Waals surface area contributed by atoms with Gasteiger partial charge in [0.05, 0.1) is 17.5 Å². The fraction of sp³-hybridized carbons (Fsp3) is 0.143. The van der Waals surface area contributed by atoms with Gasteiger partial charge in [-0.2, -0.15) is 13.2 Å². The maximum atomic E-state index is 14.3. The first-order chi connectivity index (χ1) is 14.8. The molecule has 0 aliphatic rings. The Hall–Kier alpha value is -3.83. The second-order valence-electron chi connectivity index (χ2n) is 6.35. The Morgan fingerprint density at radius 1 is 1.22 bits per heavy atom. The van der Waals surface area contributed by atoms with Crippen molar-refractivity contribution in [2.24, 2.45) is 0 Å². The molecule has 0 unspecified atom stereocenters. The molecule has 32 heavy (non-hydrogen) atoms. The number of carbonyl (C=O) groups excluding carboxylic acids is 1. The number of alkyl halides is 3. The zero-order valence-electron chi connectivity index (χ0n) is 16.4. The van der Waals surface area contributed by atoms with Crippen LogP contribution in [0.1, 0.15) is 28.1 Å². The van der Waals surface area contributed by atoms with Gasteiger partial charge in [0, 0.05) is 18.2 Å². The van der Waals surface area contributed by atoms with Gasteiger partial charge in [0.25, 0.3) is 0 Å². The maximum absolute atomic E-state index is 14.3. The number of aromatic nitrogens is 1. The normalized spacial score (nSPS) is 11.6. The molecule has 6 nitrogen and oxygen atoms in total. The predicted molar refractivity (Wildman–Crippen MR) is 111 cm³/mol. The third kappa shape index (κ3) is 6.59. The number of hydrogen-bond donors (Lipinski definition) is 2. The lowest BCUT2D eigenvalue weighted by atomic mass is 10.1. The van der Waals surface area contributed by atoms with Gasteiger partial charge >= 0.3 is 6.18 Å². The monoisotopic (exact) mass is 465 g/mol. The second kappa shape index (κ2) is 9.54. The van der Waals surface area contributed by atoms with Crippen LogP contribution in [0.15, 0.2) is 30.3 Å². The van der Waals surface area contributed by atoms with Crippen molar-refractivity contribution in [3.05, 3.63) is 64.2 Å². The van der Waals surface area contributed by atoms with E-state index in [1.807, 2.05) is 10.6 Å². The minimum atomic E-state index is -4.66. The van der Waals surface area contributed by atoms with Gasteiger partial charge in [-0.3, -0.25) is 9.52 Å². The average Bonchev–Trinajstić information content (AvgIpc) is 2.70. The SMILES string of the molecule is C#Cc1cc(CNC(=O)/C=C/c2ccc(C(F)(F)F)nc2C#C)cc(F)c1NS(C)(=O)=O. The van der Waals surface area contributed by atoms with Crippen molar-refractivity contribution in [3.8, 4) is 24.7 Å². The van der Waals surface area contributed by atoms with Crippen molar-refractivity contribution in [1.82, 2.24) is 10.3 Å². The fourth-order valence-electron chi connectivity index (χ4n) is 2.46. The van der Waals surface area contributed by atoms with Crippen LogP contribution in [-0.2, 0) is 27.5 Å². The molecule has 2 rings (SSSR count). The molecule has 0 bridgehead atoms. The van der Waals surface area contributed by atoms with E-state index in [2.05, 4.69) is 16.2 Å². The summed E-state index contributed by atoms with van der Waals surface area (Å²) in [5.41, 5.74) is -1.54. The van der Waals surface area contributed by atoms with Crippen LogP contribution >= 0.6 is 0 Å². The smallest absolute Gasteiger partial charge is 0.348 e. The van der Waals surface area contributed by atoms with Gasteiger partial charge in [-0.25, -0.2) is 17.8 Å². The lowest BCUT2D eigenvalue weighted by molar-refractivity contribution is -0.141. The first-order valence-electron chi connectivity index (χ1n) is 8.61. The van der Waals surface area contributed by atoms with E-state index in [0.717, 1.165) is 30.5 Å². The summed E-state index contributed by atoms with van der Waals surface area (Å²) in [7, 11) is -3.77. The highest BCUT2D eigenvalue weighted by atomic mass is 32.2. The van der Waals surface area contributed by atoms with Crippen LogP contribution in [-0.4, -0.2) is 25.6 Å². The fourth-order valence-corrected chi connectivity index (χ4v) is 3.04. The Kier molecular flexibility index (Phi) is 7.28. The van der Waals surface area contributed by atoms with Gasteiger partial charge in [-0.05, 0) is 41.8 Å². The summed E-state index contributed by atoms with van der Waals surface area (Å²) in [4.78, 5) is 15.4. The van der Waals surface area contributed by atoms with Crippen molar-refractivity contribution in [3.63, 3.8) is 0 Å². The molecule has 0 atom stereocenters. The molecule has 0 saturated heterocycles. The number of amides is 1. The number of rotatable bonds is 6. The van der Waals surface area contributed by atoms with E-state index >= 15 is 0 Å². The van der Waals surface area contributed by atoms with E-state index in [1.165, 1.54) is 12.1 Å². The van der Waals surface area contributed by atoms with Crippen molar-refractivity contribution in [2.45, 2.75) is 12.7 Å². The number of hydrogen-bond acceptors (Lipinski definition) is 4. The Morgan fingerprint density at radius 3 is 2.47 bits per heavy atom. The molecule has 166 valence electrons. The van der Waals surface area contributed by atoms with Crippen LogP contribution in [0, 0.1) is 30.5 Å². The lowest BCUT2D eigenvalue weighted by Gasteiger charge is -2.11. The van der Waals surface area contributed by atoms with Crippen molar-refractivity contribution in [2.75, 3.05) is 11.0 Å². The van der Waals surface area contributed by atoms with Crippen LogP contribution < -0.4 is 10.0 Å². The third-order valence-corrected chi connectivity index (χ3v) is 4.40.